The number of hydrogen-bond acceptors (Lipinski definition) is 7. The number of piperidine rings is 1. The highest BCUT2D eigenvalue weighted by Crippen LogP contribution is 2.63. The number of aromatic nitrogens is 1. The van der Waals surface area contributed by atoms with Gasteiger partial charge >= 0.3 is 7.12 Å². The number of phenols is 1. The molecule has 2 saturated heterocycles. The van der Waals surface area contributed by atoms with Crippen molar-refractivity contribution in [2.45, 2.75) is 75.4 Å². The Morgan fingerprint density at radius 3 is 2.56 bits per heavy atom. The van der Waals surface area contributed by atoms with Crippen LogP contribution in [0.25, 0.3) is 11.3 Å². The monoisotopic (exact) mass is 488 g/mol. The van der Waals surface area contributed by atoms with Crippen LogP contribution in [-0.4, -0.2) is 70.3 Å². The number of phenolic OH excluding ortho intramolecular Hbond substituents is 1. The summed E-state index contributed by atoms with van der Waals surface area (Å²) in [5, 5.41) is 22.0. The summed E-state index contributed by atoms with van der Waals surface area (Å²) in [5.74, 6) is 0.905. The van der Waals surface area contributed by atoms with E-state index in [-0.39, 0.29) is 23.2 Å². The molecule has 4 heterocycles. The lowest BCUT2D eigenvalue weighted by atomic mass is 9.53. The summed E-state index contributed by atoms with van der Waals surface area (Å²) in [6.45, 7) is 9.10. The number of rotatable bonds is 2. The van der Waals surface area contributed by atoms with Gasteiger partial charge in [0.15, 0.2) is 11.5 Å². The zero-order valence-electron chi connectivity index (χ0n) is 21.5. The van der Waals surface area contributed by atoms with Crippen LogP contribution in [0.3, 0.4) is 0 Å². The van der Waals surface area contributed by atoms with Gasteiger partial charge in [-0.15, -0.1) is 0 Å². The van der Waals surface area contributed by atoms with Crippen molar-refractivity contribution >= 4 is 12.6 Å². The average Bonchev–Trinajstić information content (AvgIpc) is 3.29. The summed E-state index contributed by atoms with van der Waals surface area (Å²) in [6.07, 6.45) is 6.54. The first-order valence-corrected chi connectivity index (χ1v) is 13.0. The Hall–Kier alpha value is -2.39. The third-order valence-electron chi connectivity index (χ3n) is 9.87. The summed E-state index contributed by atoms with van der Waals surface area (Å²) >= 11 is 0. The van der Waals surface area contributed by atoms with Gasteiger partial charge in [-0.05, 0) is 71.8 Å². The lowest BCUT2D eigenvalue weighted by Crippen LogP contribution is -2.64. The van der Waals surface area contributed by atoms with Gasteiger partial charge in [0.2, 0.25) is 0 Å². The quantitative estimate of drug-likeness (QED) is 0.497. The Kier molecular flexibility index (Phi) is 4.51. The van der Waals surface area contributed by atoms with E-state index in [0.29, 0.717) is 11.8 Å². The van der Waals surface area contributed by atoms with Gasteiger partial charge in [-0.3, -0.25) is 4.98 Å². The molecule has 1 aromatic carbocycles. The molecular weight excluding hydrogens is 455 g/mol. The van der Waals surface area contributed by atoms with Crippen LogP contribution in [0.4, 0.5) is 0 Å². The fourth-order valence-corrected chi connectivity index (χ4v) is 7.23. The van der Waals surface area contributed by atoms with E-state index in [1.807, 2.05) is 52.1 Å². The minimum absolute atomic E-state index is 0.118. The normalized spacial score (nSPS) is 35.0. The topological polar surface area (TPSA) is 84.3 Å². The minimum atomic E-state index is -0.691. The number of ether oxygens (including phenoxy) is 1. The lowest BCUT2D eigenvalue weighted by molar-refractivity contribution is -0.0452. The van der Waals surface area contributed by atoms with Crippen molar-refractivity contribution in [3.05, 3.63) is 47.7 Å². The summed E-state index contributed by atoms with van der Waals surface area (Å²) in [4.78, 5) is 7.25. The molecule has 0 amide bonds. The van der Waals surface area contributed by atoms with Gasteiger partial charge in [-0.25, -0.2) is 0 Å². The van der Waals surface area contributed by atoms with Gasteiger partial charge in [0, 0.05) is 40.2 Å². The molecule has 0 radical (unpaired) electrons. The number of nitrogens with zero attached hydrogens (tertiary/aromatic N) is 2. The van der Waals surface area contributed by atoms with Crippen LogP contribution in [-0.2, 0) is 21.1 Å². The summed E-state index contributed by atoms with van der Waals surface area (Å²) < 4.78 is 18.8. The number of likely N-dealkylation sites (tertiary alicyclic amines) is 1. The Morgan fingerprint density at radius 1 is 1.11 bits per heavy atom. The van der Waals surface area contributed by atoms with Crippen molar-refractivity contribution in [3.8, 4) is 22.8 Å². The van der Waals surface area contributed by atoms with E-state index in [2.05, 4.69) is 18.0 Å². The van der Waals surface area contributed by atoms with Gasteiger partial charge in [0.25, 0.3) is 0 Å². The first kappa shape index (κ1) is 22.8. The van der Waals surface area contributed by atoms with E-state index < -0.39 is 24.4 Å². The van der Waals surface area contributed by atoms with Gasteiger partial charge in [0.1, 0.15) is 12.2 Å². The van der Waals surface area contributed by atoms with Crippen molar-refractivity contribution in [2.24, 2.45) is 5.92 Å². The maximum absolute atomic E-state index is 11.1. The maximum atomic E-state index is 11.1. The molecule has 2 aromatic rings. The molecule has 2 bridgehead atoms. The summed E-state index contributed by atoms with van der Waals surface area (Å²) in [6, 6.07) is 6.09. The SMILES string of the molecule is CN1CC[C@]23c4c5c(-c6ccc(B7OC(C)(C)C(C)(C)O7)cn6)cc(O)c4O[C@H]2[C@@H](O)C=C[C@H]3[C@H]1C5. The average molecular weight is 488 g/mol. The number of pyridine rings is 1. The van der Waals surface area contributed by atoms with Crippen molar-refractivity contribution in [1.29, 1.82) is 0 Å². The molecule has 7 rings (SSSR count). The Labute approximate surface area is 212 Å². The van der Waals surface area contributed by atoms with Gasteiger partial charge in [0.05, 0.1) is 16.9 Å². The maximum Gasteiger partial charge on any atom is 0.496 e. The van der Waals surface area contributed by atoms with Crippen molar-refractivity contribution < 1.29 is 24.3 Å². The van der Waals surface area contributed by atoms with E-state index in [9.17, 15) is 10.2 Å². The highest BCUT2D eigenvalue weighted by atomic mass is 16.7. The molecule has 2 N–H and O–H groups in total. The Morgan fingerprint density at radius 2 is 1.86 bits per heavy atom. The fraction of sp³-hybridized carbons (Fsp3) is 0.536. The third-order valence-corrected chi connectivity index (χ3v) is 9.87. The van der Waals surface area contributed by atoms with E-state index in [1.165, 1.54) is 5.56 Å². The molecule has 8 heteroatoms. The molecule has 0 saturated carbocycles. The second-order valence-corrected chi connectivity index (χ2v) is 12.2. The lowest BCUT2D eigenvalue weighted by Gasteiger charge is -2.56. The minimum Gasteiger partial charge on any atom is -0.504 e. The number of benzene rings is 1. The second kappa shape index (κ2) is 7.13. The molecule has 5 atom stereocenters. The zero-order chi connectivity index (χ0) is 25.2. The standard InChI is InChI=1S/C28H33BN2O5/c1-26(2)27(3,4)36-29(35-26)15-6-8-19(30-14-15)16-13-22(33)24-23-17(16)12-20-18-7-9-21(32)25(34-24)28(18,23)10-11-31(20)5/h6-9,13-14,18,20-21,25,32-33H,10-12H2,1-5H3/t18-,20+,21-,25-,28-/m0/s1. The Balaban J connectivity index is 1.33. The van der Waals surface area contributed by atoms with E-state index in [0.717, 1.165) is 41.7 Å². The number of aliphatic hydroxyl groups is 1. The fourth-order valence-electron chi connectivity index (χ4n) is 7.23. The van der Waals surface area contributed by atoms with Crippen LogP contribution < -0.4 is 10.2 Å². The van der Waals surface area contributed by atoms with Gasteiger partial charge in [-0.2, -0.15) is 0 Å². The second-order valence-electron chi connectivity index (χ2n) is 12.2. The smallest absolute Gasteiger partial charge is 0.496 e. The molecule has 3 aliphatic heterocycles. The summed E-state index contributed by atoms with van der Waals surface area (Å²) in [7, 11) is 1.71. The first-order chi connectivity index (χ1) is 17.0. The van der Waals surface area contributed by atoms with Crippen molar-refractivity contribution in [2.75, 3.05) is 13.6 Å². The zero-order valence-corrected chi connectivity index (χ0v) is 21.5. The molecular formula is C28H33BN2O5. The number of likely N-dealkylation sites (N-methyl/N-ethyl adjacent to an activating group) is 1. The number of aromatic hydroxyl groups is 1. The molecule has 1 spiro atoms. The van der Waals surface area contributed by atoms with Gasteiger partial charge in [-0.1, -0.05) is 18.2 Å². The third kappa shape index (κ3) is 2.76. The molecule has 7 nitrogen and oxygen atoms in total. The predicted molar refractivity (Wildman–Crippen MR) is 137 cm³/mol. The van der Waals surface area contributed by atoms with Gasteiger partial charge < -0.3 is 29.2 Å². The molecule has 2 aliphatic carbocycles. The summed E-state index contributed by atoms with van der Waals surface area (Å²) in [5.41, 5.74) is 3.70. The Bertz CT molecular complexity index is 1280. The molecule has 5 aliphatic rings. The predicted octanol–water partition coefficient (Wildman–Crippen LogP) is 2.56. The van der Waals surface area contributed by atoms with Crippen molar-refractivity contribution in [1.82, 2.24) is 9.88 Å². The van der Waals surface area contributed by atoms with E-state index in [4.69, 9.17) is 19.0 Å². The first-order valence-electron chi connectivity index (χ1n) is 13.0. The van der Waals surface area contributed by atoms with Crippen LogP contribution in [0.5, 0.6) is 11.5 Å². The van der Waals surface area contributed by atoms with E-state index in [1.54, 1.807) is 6.07 Å². The van der Waals surface area contributed by atoms with Crippen LogP contribution >= 0.6 is 0 Å². The highest BCUT2D eigenvalue weighted by molar-refractivity contribution is 6.62. The van der Waals surface area contributed by atoms with Crippen LogP contribution in [0.1, 0.15) is 45.2 Å². The largest absolute Gasteiger partial charge is 0.504 e. The highest BCUT2D eigenvalue weighted by Gasteiger charge is 2.64. The molecule has 36 heavy (non-hydrogen) atoms. The van der Waals surface area contributed by atoms with Crippen LogP contribution in [0, 0.1) is 5.92 Å². The molecule has 1 aromatic heterocycles. The molecule has 2 fully saturated rings. The number of hydrogen-bond donors (Lipinski definition) is 2. The van der Waals surface area contributed by atoms with Crippen LogP contribution in [0.15, 0.2) is 36.5 Å². The molecule has 0 unspecified atom stereocenters. The van der Waals surface area contributed by atoms with Crippen LogP contribution in [0.2, 0.25) is 0 Å². The van der Waals surface area contributed by atoms with Crippen molar-refractivity contribution in [3.63, 3.8) is 0 Å². The number of aliphatic hydroxyl groups excluding tert-OH is 1. The van der Waals surface area contributed by atoms with E-state index >= 15 is 0 Å². The molecule has 188 valence electrons.